The zero-order valence-corrected chi connectivity index (χ0v) is 9.32. The number of hydrogen-bond donors (Lipinski definition) is 2. The van der Waals surface area contributed by atoms with Crippen molar-refractivity contribution in [3.8, 4) is 5.75 Å². The Bertz CT molecular complexity index is 659. The number of aryl methyl sites for hydroxylation is 1. The van der Waals surface area contributed by atoms with Gasteiger partial charge in [0, 0.05) is 11.5 Å². The van der Waals surface area contributed by atoms with Crippen LogP contribution < -0.4 is 0 Å². The summed E-state index contributed by atoms with van der Waals surface area (Å²) in [6.07, 6.45) is 0. The smallest absolute Gasteiger partial charge is 0.294 e. The van der Waals surface area contributed by atoms with E-state index in [0.29, 0.717) is 10.8 Å². The van der Waals surface area contributed by atoms with E-state index in [1.165, 1.54) is 6.07 Å². The molecule has 0 saturated carbocycles. The van der Waals surface area contributed by atoms with Crippen LogP contribution in [-0.2, 0) is 10.1 Å². The lowest BCUT2D eigenvalue weighted by molar-refractivity contribution is 0.471. The third-order valence-electron chi connectivity index (χ3n) is 2.36. The molecule has 0 fully saturated rings. The first-order chi connectivity index (χ1) is 7.38. The average molecular weight is 238 g/mol. The van der Waals surface area contributed by atoms with E-state index in [4.69, 9.17) is 4.55 Å². The number of benzene rings is 2. The molecule has 84 valence electrons. The van der Waals surface area contributed by atoms with Crippen LogP contribution in [0.3, 0.4) is 0 Å². The molecule has 16 heavy (non-hydrogen) atoms. The standard InChI is InChI=1S/C11H10O4S/c1-7-2-3-8-5-9(16(13,14)15)6-11(12)10(8)4-7/h2-6,12H,1H3,(H,13,14,15). The highest BCUT2D eigenvalue weighted by molar-refractivity contribution is 7.85. The second-order valence-electron chi connectivity index (χ2n) is 3.64. The van der Waals surface area contributed by atoms with E-state index in [0.717, 1.165) is 11.6 Å². The van der Waals surface area contributed by atoms with Crippen LogP contribution in [0.2, 0.25) is 0 Å². The van der Waals surface area contributed by atoms with Crippen molar-refractivity contribution in [1.29, 1.82) is 0 Å². The summed E-state index contributed by atoms with van der Waals surface area (Å²) in [4.78, 5) is -0.304. The maximum absolute atomic E-state index is 10.9. The molecule has 5 heteroatoms. The second-order valence-corrected chi connectivity index (χ2v) is 5.06. The van der Waals surface area contributed by atoms with Crippen molar-refractivity contribution in [1.82, 2.24) is 0 Å². The minimum Gasteiger partial charge on any atom is -0.507 e. The number of fused-ring (bicyclic) bond motifs is 1. The molecule has 2 aromatic carbocycles. The molecule has 0 aliphatic carbocycles. The molecule has 0 bridgehead atoms. The van der Waals surface area contributed by atoms with Gasteiger partial charge in [0.25, 0.3) is 10.1 Å². The molecule has 0 aliphatic rings. The van der Waals surface area contributed by atoms with Crippen LogP contribution in [0.5, 0.6) is 5.75 Å². The number of phenolic OH excluding ortho intramolecular Hbond substituents is 1. The predicted molar refractivity (Wildman–Crippen MR) is 60.2 cm³/mol. The minimum absolute atomic E-state index is 0.158. The van der Waals surface area contributed by atoms with Crippen molar-refractivity contribution >= 4 is 20.9 Å². The van der Waals surface area contributed by atoms with E-state index in [-0.39, 0.29) is 10.6 Å². The van der Waals surface area contributed by atoms with E-state index in [9.17, 15) is 13.5 Å². The monoisotopic (exact) mass is 238 g/mol. The van der Waals surface area contributed by atoms with Gasteiger partial charge in [-0.25, -0.2) is 0 Å². The van der Waals surface area contributed by atoms with Crippen molar-refractivity contribution in [2.45, 2.75) is 11.8 Å². The van der Waals surface area contributed by atoms with Gasteiger partial charge < -0.3 is 5.11 Å². The van der Waals surface area contributed by atoms with Crippen LogP contribution in [-0.4, -0.2) is 18.1 Å². The maximum atomic E-state index is 10.9. The summed E-state index contributed by atoms with van der Waals surface area (Å²) in [5.41, 5.74) is 0.961. The lowest BCUT2D eigenvalue weighted by Crippen LogP contribution is -1.97. The zero-order chi connectivity index (χ0) is 11.9. The van der Waals surface area contributed by atoms with E-state index in [1.807, 2.05) is 6.92 Å². The first-order valence-electron chi connectivity index (χ1n) is 4.59. The van der Waals surface area contributed by atoms with Crippen LogP contribution in [0.1, 0.15) is 5.56 Å². The zero-order valence-electron chi connectivity index (χ0n) is 8.51. The lowest BCUT2D eigenvalue weighted by atomic mass is 10.1. The van der Waals surface area contributed by atoms with Gasteiger partial charge in [0.05, 0.1) is 4.90 Å². The number of aromatic hydroxyl groups is 1. The Morgan fingerprint density at radius 1 is 1.12 bits per heavy atom. The van der Waals surface area contributed by atoms with Crippen molar-refractivity contribution in [3.63, 3.8) is 0 Å². The number of rotatable bonds is 1. The van der Waals surface area contributed by atoms with Crippen LogP contribution >= 0.6 is 0 Å². The first kappa shape index (κ1) is 10.9. The van der Waals surface area contributed by atoms with Crippen molar-refractivity contribution in [3.05, 3.63) is 35.9 Å². The van der Waals surface area contributed by atoms with Crippen molar-refractivity contribution < 1.29 is 18.1 Å². The Kier molecular flexibility index (Phi) is 2.36. The first-order valence-corrected chi connectivity index (χ1v) is 6.03. The third-order valence-corrected chi connectivity index (χ3v) is 3.19. The molecule has 4 nitrogen and oxygen atoms in total. The molecule has 0 amide bonds. The summed E-state index contributed by atoms with van der Waals surface area (Å²) in [6, 6.07) is 7.61. The highest BCUT2D eigenvalue weighted by Gasteiger charge is 2.12. The molecule has 0 radical (unpaired) electrons. The number of phenols is 1. The Morgan fingerprint density at radius 3 is 2.44 bits per heavy atom. The van der Waals surface area contributed by atoms with Crippen LogP contribution in [0, 0.1) is 6.92 Å². The summed E-state index contributed by atoms with van der Waals surface area (Å²) in [7, 11) is -4.29. The molecule has 0 heterocycles. The van der Waals surface area contributed by atoms with Crippen LogP contribution in [0.4, 0.5) is 0 Å². The van der Waals surface area contributed by atoms with Gasteiger partial charge in [0.15, 0.2) is 0 Å². The lowest BCUT2D eigenvalue weighted by Gasteiger charge is -2.05. The van der Waals surface area contributed by atoms with Gasteiger partial charge in [0.1, 0.15) is 5.75 Å². The molecule has 2 aromatic rings. The summed E-state index contributed by atoms with van der Waals surface area (Å²) in [5.74, 6) is -0.158. The Morgan fingerprint density at radius 2 is 1.81 bits per heavy atom. The van der Waals surface area contributed by atoms with Crippen LogP contribution in [0.25, 0.3) is 10.8 Å². The molecule has 2 N–H and O–H groups in total. The molecule has 0 unspecified atom stereocenters. The Hall–Kier alpha value is -1.59. The molecule has 0 spiro atoms. The molecule has 0 atom stereocenters. The maximum Gasteiger partial charge on any atom is 0.294 e. The van der Waals surface area contributed by atoms with E-state index in [2.05, 4.69) is 0 Å². The molecule has 0 aliphatic heterocycles. The minimum atomic E-state index is -4.29. The van der Waals surface area contributed by atoms with E-state index < -0.39 is 10.1 Å². The summed E-state index contributed by atoms with van der Waals surface area (Å²) < 4.78 is 30.8. The predicted octanol–water partition coefficient (Wildman–Crippen LogP) is 2.10. The Labute approximate surface area is 92.9 Å². The van der Waals surface area contributed by atoms with Gasteiger partial charge in [-0.1, -0.05) is 17.7 Å². The quantitative estimate of drug-likeness (QED) is 0.746. The van der Waals surface area contributed by atoms with Gasteiger partial charge in [-0.05, 0) is 24.4 Å². The van der Waals surface area contributed by atoms with Crippen molar-refractivity contribution in [2.75, 3.05) is 0 Å². The molecule has 2 rings (SSSR count). The van der Waals surface area contributed by atoms with Crippen LogP contribution in [0.15, 0.2) is 35.2 Å². The largest absolute Gasteiger partial charge is 0.507 e. The van der Waals surface area contributed by atoms with Gasteiger partial charge in [0.2, 0.25) is 0 Å². The summed E-state index contributed by atoms with van der Waals surface area (Å²) in [6.45, 7) is 1.87. The Balaban J connectivity index is 2.84. The molecular formula is C11H10O4S. The van der Waals surface area contributed by atoms with Gasteiger partial charge >= 0.3 is 0 Å². The van der Waals surface area contributed by atoms with Gasteiger partial charge in [-0.15, -0.1) is 0 Å². The fraction of sp³-hybridized carbons (Fsp3) is 0.0909. The summed E-state index contributed by atoms with van der Waals surface area (Å²) >= 11 is 0. The highest BCUT2D eigenvalue weighted by Crippen LogP contribution is 2.29. The normalized spacial score (nSPS) is 11.9. The van der Waals surface area contributed by atoms with Crippen molar-refractivity contribution in [2.24, 2.45) is 0 Å². The van der Waals surface area contributed by atoms with Gasteiger partial charge in [-0.3, -0.25) is 4.55 Å². The molecule has 0 aromatic heterocycles. The molecular weight excluding hydrogens is 228 g/mol. The second kappa shape index (κ2) is 3.47. The number of hydrogen-bond acceptors (Lipinski definition) is 3. The summed E-state index contributed by atoms with van der Waals surface area (Å²) in [5, 5.41) is 10.8. The van der Waals surface area contributed by atoms with E-state index in [1.54, 1.807) is 18.2 Å². The van der Waals surface area contributed by atoms with Gasteiger partial charge in [-0.2, -0.15) is 8.42 Å². The highest BCUT2D eigenvalue weighted by atomic mass is 32.2. The third kappa shape index (κ3) is 1.87. The topological polar surface area (TPSA) is 74.6 Å². The fourth-order valence-electron chi connectivity index (χ4n) is 1.57. The SMILES string of the molecule is Cc1ccc2cc(S(=O)(=O)O)cc(O)c2c1. The van der Waals surface area contributed by atoms with E-state index >= 15 is 0 Å². The average Bonchev–Trinajstić information content (AvgIpc) is 2.17. The fourth-order valence-corrected chi connectivity index (χ4v) is 2.11. The molecule has 0 saturated heterocycles.